The molecule has 6 heteroatoms. The normalized spacial score (nSPS) is 14.9. The summed E-state index contributed by atoms with van der Waals surface area (Å²) in [6.45, 7) is 8.34. The highest BCUT2D eigenvalue weighted by atomic mass is 16.7. The van der Waals surface area contributed by atoms with Crippen LogP contribution >= 0.6 is 0 Å². The van der Waals surface area contributed by atoms with Crippen molar-refractivity contribution in [2.45, 2.75) is 34.2 Å². The van der Waals surface area contributed by atoms with Crippen LogP contribution in [0, 0.1) is 27.7 Å². The number of ether oxygens (including phenoxy) is 2. The molecular formula is C28H26N2O4. The van der Waals surface area contributed by atoms with Gasteiger partial charge in [-0.25, -0.2) is 0 Å². The number of anilines is 1. The van der Waals surface area contributed by atoms with Crippen LogP contribution in [0.1, 0.15) is 33.4 Å². The Morgan fingerprint density at radius 1 is 0.794 bits per heavy atom. The van der Waals surface area contributed by atoms with E-state index in [4.69, 9.17) is 9.47 Å². The second-order valence-corrected chi connectivity index (χ2v) is 8.88. The van der Waals surface area contributed by atoms with Gasteiger partial charge in [0.05, 0.1) is 12.1 Å². The quantitative estimate of drug-likeness (QED) is 0.547. The predicted molar refractivity (Wildman–Crippen MR) is 130 cm³/mol. The molecule has 0 aromatic heterocycles. The Kier molecular flexibility index (Phi) is 5.36. The number of hydrogen-bond acceptors (Lipinski definition) is 5. The molecule has 2 heterocycles. The molecule has 5 rings (SSSR count). The molecule has 2 aliphatic heterocycles. The number of carbonyl (C=O) groups is 2. The Hall–Kier alpha value is -4.06. The second-order valence-electron chi connectivity index (χ2n) is 8.88. The van der Waals surface area contributed by atoms with Crippen LogP contribution in [0.25, 0.3) is 5.57 Å². The van der Waals surface area contributed by atoms with E-state index in [0.29, 0.717) is 22.8 Å². The number of rotatable bonds is 5. The van der Waals surface area contributed by atoms with Crippen molar-refractivity contribution in [3.05, 3.63) is 93.7 Å². The molecule has 1 N–H and O–H groups in total. The van der Waals surface area contributed by atoms with Crippen molar-refractivity contribution in [1.29, 1.82) is 0 Å². The average molecular weight is 455 g/mol. The SMILES string of the molecule is Cc1ccc(NC2=C(c3ccc(C)c(C)c3)C(=O)N(Cc3ccc4c(c3)OCO4)C2=O)c(C)c1. The van der Waals surface area contributed by atoms with Gasteiger partial charge in [-0.1, -0.05) is 42.0 Å². The number of aryl methyl sites for hydroxylation is 4. The lowest BCUT2D eigenvalue weighted by Crippen LogP contribution is -2.32. The first-order chi connectivity index (χ1) is 16.3. The maximum atomic E-state index is 13.6. The van der Waals surface area contributed by atoms with Crippen LogP contribution in [-0.4, -0.2) is 23.5 Å². The number of nitrogens with one attached hydrogen (secondary N) is 1. The van der Waals surface area contributed by atoms with Crippen LogP contribution in [0.4, 0.5) is 5.69 Å². The summed E-state index contributed by atoms with van der Waals surface area (Å²) >= 11 is 0. The number of imide groups is 1. The second kappa shape index (κ2) is 8.37. The van der Waals surface area contributed by atoms with Crippen LogP contribution in [0.2, 0.25) is 0 Å². The van der Waals surface area contributed by atoms with Crippen LogP contribution in [0.5, 0.6) is 11.5 Å². The molecule has 0 aliphatic carbocycles. The van der Waals surface area contributed by atoms with Crippen molar-refractivity contribution in [2.24, 2.45) is 0 Å². The Labute approximate surface area is 198 Å². The van der Waals surface area contributed by atoms with E-state index in [1.807, 2.05) is 76.2 Å². The van der Waals surface area contributed by atoms with E-state index in [9.17, 15) is 9.59 Å². The highest BCUT2D eigenvalue weighted by molar-refractivity contribution is 6.36. The third-order valence-electron chi connectivity index (χ3n) is 6.38. The summed E-state index contributed by atoms with van der Waals surface area (Å²) in [7, 11) is 0. The highest BCUT2D eigenvalue weighted by Gasteiger charge is 2.39. The predicted octanol–water partition coefficient (Wildman–Crippen LogP) is 5.04. The Bertz CT molecular complexity index is 1370. The molecule has 0 atom stereocenters. The highest BCUT2D eigenvalue weighted by Crippen LogP contribution is 2.36. The number of hydrogen-bond donors (Lipinski definition) is 1. The smallest absolute Gasteiger partial charge is 0.278 e. The summed E-state index contributed by atoms with van der Waals surface area (Å²) in [5, 5.41) is 3.28. The van der Waals surface area contributed by atoms with Gasteiger partial charge in [-0.05, 0) is 73.7 Å². The van der Waals surface area contributed by atoms with Gasteiger partial charge < -0.3 is 14.8 Å². The minimum Gasteiger partial charge on any atom is -0.454 e. The van der Waals surface area contributed by atoms with Gasteiger partial charge in [0.2, 0.25) is 6.79 Å². The standard InChI is InChI=1S/C28H26N2O4/c1-16-5-9-22(19(4)11-16)29-26-25(21-8-6-17(2)18(3)12-21)27(31)30(28(26)32)14-20-7-10-23-24(13-20)34-15-33-23/h5-13,29H,14-15H2,1-4H3. The topological polar surface area (TPSA) is 67.9 Å². The van der Waals surface area contributed by atoms with E-state index in [-0.39, 0.29) is 25.2 Å². The van der Waals surface area contributed by atoms with Crippen LogP contribution in [0.3, 0.4) is 0 Å². The van der Waals surface area contributed by atoms with Gasteiger partial charge in [0, 0.05) is 5.69 Å². The summed E-state index contributed by atoms with van der Waals surface area (Å²) in [6, 6.07) is 17.3. The lowest BCUT2D eigenvalue weighted by Gasteiger charge is -2.16. The number of carbonyl (C=O) groups excluding carboxylic acids is 2. The fourth-order valence-electron chi connectivity index (χ4n) is 4.31. The fourth-order valence-corrected chi connectivity index (χ4v) is 4.31. The molecule has 0 saturated carbocycles. The van der Waals surface area contributed by atoms with Crippen LogP contribution in [-0.2, 0) is 16.1 Å². The molecule has 2 amide bonds. The summed E-state index contributed by atoms with van der Waals surface area (Å²) in [4.78, 5) is 28.5. The first-order valence-electron chi connectivity index (χ1n) is 11.2. The minimum atomic E-state index is -0.351. The fraction of sp³-hybridized carbons (Fsp3) is 0.214. The van der Waals surface area contributed by atoms with Crippen molar-refractivity contribution in [1.82, 2.24) is 4.90 Å². The summed E-state index contributed by atoms with van der Waals surface area (Å²) < 4.78 is 10.8. The zero-order valence-corrected chi connectivity index (χ0v) is 19.7. The molecule has 3 aromatic rings. The van der Waals surface area contributed by atoms with Crippen molar-refractivity contribution in [3.63, 3.8) is 0 Å². The molecule has 0 unspecified atom stereocenters. The van der Waals surface area contributed by atoms with Crippen molar-refractivity contribution in [3.8, 4) is 11.5 Å². The largest absolute Gasteiger partial charge is 0.454 e. The molecule has 0 spiro atoms. The third-order valence-corrected chi connectivity index (χ3v) is 6.38. The molecular weight excluding hydrogens is 428 g/mol. The molecule has 0 fully saturated rings. The number of nitrogens with zero attached hydrogens (tertiary/aromatic N) is 1. The Morgan fingerprint density at radius 2 is 1.59 bits per heavy atom. The first kappa shape index (κ1) is 21.8. The minimum absolute atomic E-state index is 0.140. The molecule has 0 bridgehead atoms. The monoisotopic (exact) mass is 454 g/mol. The van der Waals surface area contributed by atoms with Gasteiger partial charge in [-0.3, -0.25) is 14.5 Å². The van der Waals surface area contributed by atoms with E-state index in [1.54, 1.807) is 6.07 Å². The number of fused-ring (bicyclic) bond motifs is 1. The van der Waals surface area contributed by atoms with Crippen LogP contribution in [0.15, 0.2) is 60.3 Å². The van der Waals surface area contributed by atoms with Gasteiger partial charge in [-0.2, -0.15) is 0 Å². The van der Waals surface area contributed by atoms with E-state index in [2.05, 4.69) is 5.32 Å². The maximum absolute atomic E-state index is 13.6. The molecule has 0 radical (unpaired) electrons. The van der Waals surface area contributed by atoms with Gasteiger partial charge in [-0.15, -0.1) is 0 Å². The summed E-state index contributed by atoms with van der Waals surface area (Å²) in [5.74, 6) is 0.607. The zero-order chi connectivity index (χ0) is 24.0. The lowest BCUT2D eigenvalue weighted by molar-refractivity contribution is -0.137. The number of benzene rings is 3. The summed E-state index contributed by atoms with van der Waals surface area (Å²) in [6.07, 6.45) is 0. The molecule has 6 nitrogen and oxygen atoms in total. The molecule has 2 aliphatic rings. The van der Waals surface area contributed by atoms with Gasteiger partial charge >= 0.3 is 0 Å². The van der Waals surface area contributed by atoms with E-state index in [0.717, 1.165) is 39.1 Å². The third kappa shape index (κ3) is 3.81. The van der Waals surface area contributed by atoms with Gasteiger partial charge in [0.15, 0.2) is 11.5 Å². The van der Waals surface area contributed by atoms with Crippen molar-refractivity contribution >= 4 is 23.1 Å². The Balaban J connectivity index is 1.54. The lowest BCUT2D eigenvalue weighted by atomic mass is 9.99. The first-order valence-corrected chi connectivity index (χ1v) is 11.2. The van der Waals surface area contributed by atoms with E-state index in [1.165, 1.54) is 4.90 Å². The van der Waals surface area contributed by atoms with E-state index >= 15 is 0 Å². The van der Waals surface area contributed by atoms with Crippen molar-refractivity contribution in [2.75, 3.05) is 12.1 Å². The molecule has 0 saturated heterocycles. The zero-order valence-electron chi connectivity index (χ0n) is 19.7. The van der Waals surface area contributed by atoms with Crippen molar-refractivity contribution < 1.29 is 19.1 Å². The maximum Gasteiger partial charge on any atom is 0.278 e. The molecule has 3 aromatic carbocycles. The number of amides is 2. The van der Waals surface area contributed by atoms with Crippen LogP contribution < -0.4 is 14.8 Å². The summed E-state index contributed by atoms with van der Waals surface area (Å²) in [5.41, 5.74) is 7.31. The van der Waals surface area contributed by atoms with Gasteiger partial charge in [0.1, 0.15) is 5.70 Å². The Morgan fingerprint density at radius 3 is 2.35 bits per heavy atom. The average Bonchev–Trinajstić information content (AvgIpc) is 3.36. The molecule has 34 heavy (non-hydrogen) atoms. The van der Waals surface area contributed by atoms with Gasteiger partial charge in [0.25, 0.3) is 11.8 Å². The molecule has 172 valence electrons. The van der Waals surface area contributed by atoms with E-state index < -0.39 is 0 Å².